The highest BCUT2D eigenvalue weighted by Gasteiger charge is 2.01. The molecule has 6 heteroatoms. The number of carbonyl (C=O) groups is 2. The molecule has 0 aliphatic carbocycles. The third kappa shape index (κ3) is 15.9. The zero-order valence-corrected chi connectivity index (χ0v) is 6.60. The van der Waals surface area contributed by atoms with Crippen molar-refractivity contribution in [3.63, 3.8) is 0 Å². The first-order valence-electron chi connectivity index (χ1n) is 3.15. The van der Waals surface area contributed by atoms with E-state index in [1.165, 1.54) is 6.92 Å². The molecule has 4 N–H and O–H groups in total. The maximum Gasteiger partial charge on any atom is 0.332 e. The van der Waals surface area contributed by atoms with Crippen molar-refractivity contribution in [1.29, 1.82) is 0 Å². The summed E-state index contributed by atoms with van der Waals surface area (Å²) < 4.78 is 0. The molecule has 0 heterocycles. The van der Waals surface area contributed by atoms with Gasteiger partial charge in [0.15, 0.2) is 0 Å². The summed E-state index contributed by atoms with van der Waals surface area (Å²) in [4.78, 5) is 18.9. The molecule has 6 nitrogen and oxygen atoms in total. The second-order valence-corrected chi connectivity index (χ2v) is 1.88. The fourth-order valence-corrected chi connectivity index (χ4v) is 0.0956. The Hall–Kier alpha value is -1.14. The normalized spacial score (nSPS) is 10.9. The van der Waals surface area contributed by atoms with E-state index in [0.717, 1.165) is 0 Å². The topological polar surface area (TPSA) is 115 Å². The van der Waals surface area contributed by atoms with Gasteiger partial charge < -0.3 is 20.4 Å². The first kappa shape index (κ1) is 13.4. The number of carboxylic acids is 2. The third-order valence-electron chi connectivity index (χ3n) is 0.683. The second kappa shape index (κ2) is 7.96. The van der Waals surface area contributed by atoms with Crippen LogP contribution in [0, 0.1) is 0 Å². The summed E-state index contributed by atoms with van der Waals surface area (Å²) >= 11 is 0. The van der Waals surface area contributed by atoms with Gasteiger partial charge >= 0.3 is 11.9 Å². The summed E-state index contributed by atoms with van der Waals surface area (Å²) in [7, 11) is 0. The van der Waals surface area contributed by atoms with Crippen molar-refractivity contribution >= 4 is 11.9 Å². The van der Waals surface area contributed by atoms with Gasteiger partial charge in [0.05, 0.1) is 13.0 Å². The minimum absolute atomic E-state index is 0.153. The van der Waals surface area contributed by atoms with E-state index in [9.17, 15) is 9.59 Å². The first-order chi connectivity index (χ1) is 5.41. The molecule has 0 aromatic rings. The highest BCUT2D eigenvalue weighted by Crippen LogP contribution is 1.73. The lowest BCUT2D eigenvalue weighted by molar-refractivity contribution is -0.145. The molecule has 0 aromatic heterocycles. The van der Waals surface area contributed by atoms with Gasteiger partial charge in [-0.2, -0.15) is 0 Å². The van der Waals surface area contributed by atoms with Crippen LogP contribution in [-0.2, 0) is 9.59 Å². The van der Waals surface area contributed by atoms with Gasteiger partial charge in [-0.1, -0.05) is 0 Å². The first-order valence-corrected chi connectivity index (χ1v) is 3.15. The van der Waals surface area contributed by atoms with Crippen LogP contribution >= 0.6 is 0 Å². The lowest BCUT2D eigenvalue weighted by Crippen LogP contribution is -2.13. The summed E-state index contributed by atoms with van der Waals surface area (Å²) in [5, 5.41) is 31.4. The monoisotopic (exact) mass is 180 g/mol. The molecule has 0 aromatic carbocycles. The predicted octanol–water partition coefficient (Wildman–Crippen LogP) is -1.09. The van der Waals surface area contributed by atoms with Gasteiger partial charge in [-0.15, -0.1) is 0 Å². The van der Waals surface area contributed by atoms with Crippen molar-refractivity contribution in [2.24, 2.45) is 0 Å². The van der Waals surface area contributed by atoms with Gasteiger partial charge in [0.2, 0.25) is 0 Å². The fourth-order valence-electron chi connectivity index (χ4n) is 0.0956. The van der Waals surface area contributed by atoms with Gasteiger partial charge in [-0.3, -0.25) is 4.79 Å². The molecule has 0 aliphatic rings. The van der Waals surface area contributed by atoms with E-state index in [-0.39, 0.29) is 13.0 Å². The van der Waals surface area contributed by atoms with E-state index < -0.39 is 18.0 Å². The quantitative estimate of drug-likeness (QED) is 0.438. The molecule has 0 bridgehead atoms. The molecule has 12 heavy (non-hydrogen) atoms. The Morgan fingerprint density at radius 2 is 1.67 bits per heavy atom. The molecule has 72 valence electrons. The number of rotatable bonds is 3. The van der Waals surface area contributed by atoms with Crippen molar-refractivity contribution < 1.29 is 30.0 Å². The van der Waals surface area contributed by atoms with Gasteiger partial charge in [0.25, 0.3) is 0 Å². The van der Waals surface area contributed by atoms with E-state index in [2.05, 4.69) is 0 Å². The number of carboxylic acid groups (broad SMARTS) is 2. The second-order valence-electron chi connectivity index (χ2n) is 1.88. The maximum atomic E-state index is 9.45. The zero-order valence-electron chi connectivity index (χ0n) is 6.60. The van der Waals surface area contributed by atoms with Crippen LogP contribution in [0.4, 0.5) is 0 Å². The summed E-state index contributed by atoms with van der Waals surface area (Å²) in [5.74, 6) is -2.15. The summed E-state index contributed by atoms with van der Waals surface area (Å²) in [6.45, 7) is 0.928. The molecule has 0 saturated carbocycles. The SMILES string of the molecule is CC(O)C(=O)O.O=C(O)CCO. The van der Waals surface area contributed by atoms with Gasteiger partial charge in [-0.25, -0.2) is 4.79 Å². The smallest absolute Gasteiger partial charge is 0.332 e. The average Bonchev–Trinajstić information content (AvgIpc) is 1.87. The van der Waals surface area contributed by atoms with Crippen LogP contribution in [-0.4, -0.2) is 45.1 Å². The van der Waals surface area contributed by atoms with Crippen molar-refractivity contribution in [1.82, 2.24) is 0 Å². The van der Waals surface area contributed by atoms with E-state index in [0.29, 0.717) is 0 Å². The van der Waals surface area contributed by atoms with Crippen LogP contribution < -0.4 is 0 Å². The van der Waals surface area contributed by atoms with Crippen molar-refractivity contribution in [2.45, 2.75) is 19.4 Å². The number of hydrogen-bond donors (Lipinski definition) is 4. The maximum absolute atomic E-state index is 9.45. The minimum atomic E-state index is -1.23. The highest BCUT2D eigenvalue weighted by molar-refractivity contribution is 5.71. The Balaban J connectivity index is 0. The van der Waals surface area contributed by atoms with Crippen LogP contribution in [0.15, 0.2) is 0 Å². The van der Waals surface area contributed by atoms with Crippen LogP contribution in [0.25, 0.3) is 0 Å². The lowest BCUT2D eigenvalue weighted by Gasteiger charge is -1.89. The Kier molecular flexibility index (Phi) is 8.92. The van der Waals surface area contributed by atoms with E-state index in [1.54, 1.807) is 0 Å². The van der Waals surface area contributed by atoms with E-state index >= 15 is 0 Å². The lowest BCUT2D eigenvalue weighted by atomic mass is 10.4. The molecule has 0 radical (unpaired) electrons. The van der Waals surface area contributed by atoms with Crippen LogP contribution in [0.1, 0.15) is 13.3 Å². The van der Waals surface area contributed by atoms with Crippen LogP contribution in [0.3, 0.4) is 0 Å². The third-order valence-corrected chi connectivity index (χ3v) is 0.683. The van der Waals surface area contributed by atoms with Crippen LogP contribution in [0.5, 0.6) is 0 Å². The number of aliphatic carboxylic acids is 2. The number of aliphatic hydroxyl groups excluding tert-OH is 2. The van der Waals surface area contributed by atoms with Crippen molar-refractivity contribution in [3.8, 4) is 0 Å². The summed E-state index contributed by atoms with van der Waals surface area (Å²) in [6, 6.07) is 0. The average molecular weight is 180 g/mol. The number of aliphatic hydroxyl groups is 2. The largest absolute Gasteiger partial charge is 0.481 e. The molecule has 0 saturated heterocycles. The molecule has 1 unspecified atom stereocenters. The van der Waals surface area contributed by atoms with E-state index in [4.69, 9.17) is 20.4 Å². The van der Waals surface area contributed by atoms with Gasteiger partial charge in [0.1, 0.15) is 6.10 Å². The van der Waals surface area contributed by atoms with Gasteiger partial charge in [-0.05, 0) is 6.92 Å². The Bertz CT molecular complexity index is 141. The van der Waals surface area contributed by atoms with Crippen molar-refractivity contribution in [3.05, 3.63) is 0 Å². The standard InChI is InChI=1S/2C3H6O3/c1-2(4)3(5)6;4-2-1-3(5)6/h2,4H,1H3,(H,5,6);4H,1-2H2,(H,5,6). The Morgan fingerprint density at radius 1 is 1.33 bits per heavy atom. The molecule has 0 fully saturated rings. The fraction of sp³-hybridized carbons (Fsp3) is 0.667. The molecular formula is C6H12O6. The zero-order chi connectivity index (χ0) is 10.1. The molecule has 0 spiro atoms. The molecule has 0 rings (SSSR count). The highest BCUT2D eigenvalue weighted by atomic mass is 16.4. The molecule has 0 amide bonds. The molecule has 1 atom stereocenters. The molecular weight excluding hydrogens is 168 g/mol. The van der Waals surface area contributed by atoms with E-state index in [1.807, 2.05) is 0 Å². The Morgan fingerprint density at radius 3 is 1.67 bits per heavy atom. The summed E-state index contributed by atoms with van der Waals surface area (Å²) in [6.07, 6.45) is -1.38. The predicted molar refractivity (Wildman–Crippen MR) is 38.7 cm³/mol. The Labute approximate surface area is 69.1 Å². The van der Waals surface area contributed by atoms with Gasteiger partial charge in [0, 0.05) is 0 Å². The molecule has 0 aliphatic heterocycles. The minimum Gasteiger partial charge on any atom is -0.481 e. The number of hydrogen-bond acceptors (Lipinski definition) is 4. The van der Waals surface area contributed by atoms with Crippen LogP contribution in [0.2, 0.25) is 0 Å². The summed E-state index contributed by atoms with van der Waals surface area (Å²) in [5.41, 5.74) is 0. The van der Waals surface area contributed by atoms with Crippen molar-refractivity contribution in [2.75, 3.05) is 6.61 Å².